The van der Waals surface area contributed by atoms with Crippen molar-refractivity contribution in [3.63, 3.8) is 0 Å². The Balaban J connectivity index is 1.73. The molecule has 1 saturated heterocycles. The van der Waals surface area contributed by atoms with Gasteiger partial charge in [-0.15, -0.1) is 0 Å². The van der Waals surface area contributed by atoms with Crippen LogP contribution >= 0.6 is 0 Å². The molecular formula is C17H22N2O5S. The van der Waals surface area contributed by atoms with Crippen molar-refractivity contribution in [2.24, 2.45) is 11.8 Å². The van der Waals surface area contributed by atoms with E-state index in [9.17, 15) is 23.1 Å². The van der Waals surface area contributed by atoms with Crippen molar-refractivity contribution in [3.05, 3.63) is 29.8 Å². The quantitative estimate of drug-likeness (QED) is 0.818. The van der Waals surface area contributed by atoms with E-state index in [2.05, 4.69) is 4.72 Å². The van der Waals surface area contributed by atoms with Crippen LogP contribution in [0.1, 0.15) is 36.5 Å². The van der Waals surface area contributed by atoms with Gasteiger partial charge in [0, 0.05) is 24.7 Å². The van der Waals surface area contributed by atoms with Crippen LogP contribution in [-0.2, 0) is 14.8 Å². The average Bonchev–Trinajstić information content (AvgIpc) is 3.37. The number of carboxylic acid groups (broad SMARTS) is 1. The highest BCUT2D eigenvalue weighted by atomic mass is 32.2. The summed E-state index contributed by atoms with van der Waals surface area (Å²) in [6.07, 6.45) is 2.27. The van der Waals surface area contributed by atoms with Gasteiger partial charge >= 0.3 is 5.97 Å². The van der Waals surface area contributed by atoms with Gasteiger partial charge in [0.15, 0.2) is 0 Å². The zero-order chi connectivity index (χ0) is 18.2. The lowest BCUT2D eigenvalue weighted by Gasteiger charge is -2.34. The lowest BCUT2D eigenvalue weighted by atomic mass is 9.90. The summed E-state index contributed by atoms with van der Waals surface area (Å²) >= 11 is 0. The summed E-state index contributed by atoms with van der Waals surface area (Å²) in [5.41, 5.74) is 0.364. The number of rotatable bonds is 5. The lowest BCUT2D eigenvalue weighted by molar-refractivity contribution is -0.143. The minimum atomic E-state index is -3.55. The summed E-state index contributed by atoms with van der Waals surface area (Å²) in [5.74, 6) is -1.61. The van der Waals surface area contributed by atoms with E-state index in [0.29, 0.717) is 18.5 Å². The normalized spacial score (nSPS) is 24.1. The van der Waals surface area contributed by atoms with Crippen LogP contribution in [0.3, 0.4) is 0 Å². The number of carbonyl (C=O) groups excluding carboxylic acids is 1. The molecule has 0 radical (unpaired) electrons. The molecule has 1 heterocycles. The molecule has 8 heteroatoms. The first-order chi connectivity index (χ1) is 11.8. The highest BCUT2D eigenvalue weighted by molar-refractivity contribution is 7.89. The molecule has 1 aliphatic carbocycles. The number of hydrogen-bond acceptors (Lipinski definition) is 4. The van der Waals surface area contributed by atoms with Gasteiger partial charge < -0.3 is 10.0 Å². The lowest BCUT2D eigenvalue weighted by Crippen LogP contribution is -2.45. The molecule has 2 N–H and O–H groups in total. The van der Waals surface area contributed by atoms with Crippen LogP contribution in [0.5, 0.6) is 0 Å². The Kier molecular flexibility index (Phi) is 4.83. The van der Waals surface area contributed by atoms with Gasteiger partial charge in [-0.1, -0.05) is 6.92 Å². The van der Waals surface area contributed by atoms with E-state index in [4.69, 9.17) is 0 Å². The number of piperidine rings is 1. The zero-order valence-electron chi connectivity index (χ0n) is 14.0. The van der Waals surface area contributed by atoms with Gasteiger partial charge in [-0.25, -0.2) is 13.1 Å². The first-order valence-corrected chi connectivity index (χ1v) is 9.89. The Morgan fingerprint density at radius 2 is 1.80 bits per heavy atom. The number of carboxylic acids is 1. The van der Waals surface area contributed by atoms with Crippen LogP contribution in [0.4, 0.5) is 0 Å². The summed E-state index contributed by atoms with van der Waals surface area (Å²) in [6, 6.07) is 5.83. The summed E-state index contributed by atoms with van der Waals surface area (Å²) in [5, 5.41) is 9.22. The Morgan fingerprint density at radius 1 is 1.16 bits per heavy atom. The predicted octanol–water partition coefficient (Wildman–Crippen LogP) is 1.31. The molecule has 0 spiro atoms. The van der Waals surface area contributed by atoms with Crippen LogP contribution in [-0.4, -0.2) is 49.4 Å². The van der Waals surface area contributed by atoms with E-state index in [-0.39, 0.29) is 29.3 Å². The number of benzene rings is 1. The van der Waals surface area contributed by atoms with Gasteiger partial charge in [0.1, 0.15) is 0 Å². The van der Waals surface area contributed by atoms with Crippen molar-refractivity contribution >= 4 is 21.9 Å². The minimum Gasteiger partial charge on any atom is -0.481 e. The number of aliphatic carboxylic acids is 1. The standard InChI is InChI=1S/C17H22N2O5S/c1-11-8-13(17(21)22)10-19(9-11)16(20)12-2-6-15(7-3-12)25(23,24)18-14-4-5-14/h2-3,6-7,11,13-14,18H,4-5,8-10H2,1H3,(H,21,22). The second-order valence-corrected chi connectivity index (χ2v) is 8.72. The second kappa shape index (κ2) is 6.76. The van der Waals surface area contributed by atoms with Crippen molar-refractivity contribution in [1.29, 1.82) is 0 Å². The molecule has 1 aliphatic heterocycles. The molecule has 2 fully saturated rings. The molecule has 136 valence electrons. The van der Waals surface area contributed by atoms with Crippen molar-refractivity contribution in [2.45, 2.75) is 37.1 Å². The summed E-state index contributed by atoms with van der Waals surface area (Å²) in [6.45, 7) is 2.61. The number of nitrogens with one attached hydrogen (secondary N) is 1. The molecule has 2 atom stereocenters. The van der Waals surface area contributed by atoms with Gasteiger partial charge in [0.25, 0.3) is 5.91 Å². The van der Waals surface area contributed by atoms with Gasteiger partial charge in [-0.2, -0.15) is 0 Å². The topological polar surface area (TPSA) is 104 Å². The third-order valence-electron chi connectivity index (χ3n) is 4.61. The SMILES string of the molecule is CC1CC(C(=O)O)CN(C(=O)c2ccc(S(=O)(=O)NC3CC3)cc2)C1. The maximum atomic E-state index is 12.6. The van der Waals surface area contributed by atoms with Crippen LogP contribution in [0.25, 0.3) is 0 Å². The summed E-state index contributed by atoms with van der Waals surface area (Å²) in [7, 11) is -3.55. The molecule has 1 amide bonds. The van der Waals surface area contributed by atoms with Gasteiger partial charge in [-0.05, 0) is 49.4 Å². The van der Waals surface area contributed by atoms with Gasteiger partial charge in [0.2, 0.25) is 10.0 Å². The smallest absolute Gasteiger partial charge is 0.308 e. The number of amides is 1. The van der Waals surface area contributed by atoms with E-state index in [0.717, 1.165) is 12.8 Å². The molecule has 3 rings (SSSR count). The van der Waals surface area contributed by atoms with Gasteiger partial charge in [0.05, 0.1) is 10.8 Å². The van der Waals surface area contributed by atoms with E-state index >= 15 is 0 Å². The molecule has 1 aromatic carbocycles. The molecule has 1 aromatic rings. The average molecular weight is 366 g/mol. The fourth-order valence-electron chi connectivity index (χ4n) is 3.14. The number of sulfonamides is 1. The molecule has 0 aromatic heterocycles. The van der Waals surface area contributed by atoms with E-state index in [1.807, 2.05) is 6.92 Å². The van der Waals surface area contributed by atoms with Crippen LogP contribution in [0.15, 0.2) is 29.2 Å². The molecule has 0 bridgehead atoms. The van der Waals surface area contributed by atoms with E-state index < -0.39 is 21.9 Å². The Bertz CT molecular complexity index is 771. The number of likely N-dealkylation sites (tertiary alicyclic amines) is 1. The van der Waals surface area contributed by atoms with Crippen LogP contribution in [0.2, 0.25) is 0 Å². The number of hydrogen-bond donors (Lipinski definition) is 2. The fraction of sp³-hybridized carbons (Fsp3) is 0.529. The Hall–Kier alpha value is -1.93. The minimum absolute atomic E-state index is 0.0223. The molecule has 2 aliphatic rings. The molecule has 2 unspecified atom stereocenters. The molecule has 1 saturated carbocycles. The Labute approximate surface area is 147 Å². The number of nitrogens with zero attached hydrogens (tertiary/aromatic N) is 1. The third-order valence-corrected chi connectivity index (χ3v) is 6.14. The largest absolute Gasteiger partial charge is 0.481 e. The Morgan fingerprint density at radius 3 is 2.36 bits per heavy atom. The maximum Gasteiger partial charge on any atom is 0.308 e. The van der Waals surface area contributed by atoms with Crippen molar-refractivity contribution in [2.75, 3.05) is 13.1 Å². The second-order valence-electron chi connectivity index (χ2n) is 7.01. The van der Waals surface area contributed by atoms with Gasteiger partial charge in [-0.3, -0.25) is 9.59 Å². The zero-order valence-corrected chi connectivity index (χ0v) is 14.8. The molecular weight excluding hydrogens is 344 g/mol. The third kappa shape index (κ3) is 4.19. The van der Waals surface area contributed by atoms with Crippen LogP contribution in [0, 0.1) is 11.8 Å². The van der Waals surface area contributed by atoms with Crippen molar-refractivity contribution in [1.82, 2.24) is 9.62 Å². The van der Waals surface area contributed by atoms with Crippen LogP contribution < -0.4 is 4.72 Å². The summed E-state index contributed by atoms with van der Waals surface area (Å²) < 4.78 is 26.9. The molecule has 25 heavy (non-hydrogen) atoms. The fourth-order valence-corrected chi connectivity index (χ4v) is 4.45. The number of carbonyl (C=O) groups is 2. The summed E-state index contributed by atoms with van der Waals surface area (Å²) in [4.78, 5) is 25.5. The van der Waals surface area contributed by atoms with E-state index in [1.54, 1.807) is 4.90 Å². The van der Waals surface area contributed by atoms with Crippen molar-refractivity contribution < 1.29 is 23.1 Å². The predicted molar refractivity (Wildman–Crippen MR) is 90.6 cm³/mol. The van der Waals surface area contributed by atoms with Crippen molar-refractivity contribution in [3.8, 4) is 0 Å². The highest BCUT2D eigenvalue weighted by Gasteiger charge is 2.32. The maximum absolute atomic E-state index is 12.6. The first kappa shape index (κ1) is 17.9. The first-order valence-electron chi connectivity index (χ1n) is 8.41. The highest BCUT2D eigenvalue weighted by Crippen LogP contribution is 2.25. The van der Waals surface area contributed by atoms with E-state index in [1.165, 1.54) is 24.3 Å². The monoisotopic (exact) mass is 366 g/mol. The molecule has 7 nitrogen and oxygen atoms in total.